The number of hydrogen-bond donors (Lipinski definition) is 1. The van der Waals surface area contributed by atoms with Crippen LogP contribution in [0.4, 0.5) is 0 Å². The highest BCUT2D eigenvalue weighted by atomic mass is 16.4. The van der Waals surface area contributed by atoms with Gasteiger partial charge in [-0.05, 0) is 24.8 Å². The number of nitrogens with zero attached hydrogens (tertiary/aromatic N) is 2. The number of aliphatic carboxylic acids is 1. The first-order chi connectivity index (χ1) is 7.74. The molecule has 0 radical (unpaired) electrons. The van der Waals surface area contributed by atoms with Crippen molar-refractivity contribution >= 4 is 5.97 Å². The van der Waals surface area contributed by atoms with Crippen molar-refractivity contribution < 1.29 is 9.90 Å². The normalized spacial score (nSPS) is 29.0. The SMILES string of the molecule is O=NN1CC[C@H](C2=CCCC=C2)[C@H]1C(=O)O. The Balaban J connectivity index is 2.21. The maximum atomic E-state index is 11.1. The van der Waals surface area contributed by atoms with Gasteiger partial charge >= 0.3 is 5.97 Å². The molecule has 1 fully saturated rings. The second kappa shape index (κ2) is 4.47. The Morgan fingerprint density at radius 1 is 1.50 bits per heavy atom. The predicted molar refractivity (Wildman–Crippen MR) is 58.5 cm³/mol. The molecule has 0 aromatic rings. The summed E-state index contributed by atoms with van der Waals surface area (Å²) in [5.41, 5.74) is 1.03. The maximum absolute atomic E-state index is 11.1. The summed E-state index contributed by atoms with van der Waals surface area (Å²) in [4.78, 5) is 21.7. The Morgan fingerprint density at radius 3 is 2.88 bits per heavy atom. The monoisotopic (exact) mass is 222 g/mol. The standard InChI is InChI=1S/C11H14N2O3/c14-11(15)10-9(6-7-13(10)12-16)8-4-2-1-3-5-8/h2,4-5,9-10H,1,3,6-7H2,(H,14,15)/t9-,10+/m1/s1. The van der Waals surface area contributed by atoms with E-state index < -0.39 is 12.0 Å². The van der Waals surface area contributed by atoms with E-state index in [0.29, 0.717) is 13.0 Å². The zero-order chi connectivity index (χ0) is 11.5. The smallest absolute Gasteiger partial charge is 0.328 e. The molecule has 5 nitrogen and oxygen atoms in total. The summed E-state index contributed by atoms with van der Waals surface area (Å²) in [6.07, 6.45) is 8.71. The molecule has 1 aliphatic heterocycles. The summed E-state index contributed by atoms with van der Waals surface area (Å²) in [6.45, 7) is 0.427. The first-order valence-corrected chi connectivity index (χ1v) is 5.43. The third-order valence-electron chi connectivity index (χ3n) is 3.18. The van der Waals surface area contributed by atoms with Crippen molar-refractivity contribution in [3.8, 4) is 0 Å². The number of rotatable bonds is 3. The van der Waals surface area contributed by atoms with Gasteiger partial charge < -0.3 is 5.11 Å². The van der Waals surface area contributed by atoms with Crippen LogP contribution in [0.5, 0.6) is 0 Å². The van der Waals surface area contributed by atoms with Crippen LogP contribution in [0.3, 0.4) is 0 Å². The van der Waals surface area contributed by atoms with Crippen LogP contribution in [0.1, 0.15) is 19.3 Å². The Kier molecular flexibility index (Phi) is 3.03. The van der Waals surface area contributed by atoms with E-state index in [1.165, 1.54) is 0 Å². The third kappa shape index (κ3) is 1.85. The van der Waals surface area contributed by atoms with Gasteiger partial charge in [-0.25, -0.2) is 9.80 Å². The first-order valence-electron chi connectivity index (χ1n) is 5.43. The lowest BCUT2D eigenvalue weighted by atomic mass is 9.88. The lowest BCUT2D eigenvalue weighted by molar-refractivity contribution is -0.143. The average Bonchev–Trinajstić information content (AvgIpc) is 2.73. The molecule has 1 aliphatic carbocycles. The fourth-order valence-corrected chi connectivity index (χ4v) is 2.42. The molecule has 0 aromatic carbocycles. The summed E-state index contributed by atoms with van der Waals surface area (Å²) in [5.74, 6) is -1.08. The number of carbonyl (C=O) groups is 1. The highest BCUT2D eigenvalue weighted by Crippen LogP contribution is 2.33. The van der Waals surface area contributed by atoms with Gasteiger partial charge in [0.2, 0.25) is 0 Å². The molecule has 2 aliphatic rings. The van der Waals surface area contributed by atoms with E-state index in [9.17, 15) is 9.70 Å². The van der Waals surface area contributed by atoms with E-state index in [2.05, 4.69) is 11.4 Å². The summed E-state index contributed by atoms with van der Waals surface area (Å²) in [5, 5.41) is 13.0. The molecule has 5 heteroatoms. The summed E-state index contributed by atoms with van der Waals surface area (Å²) in [6, 6.07) is -0.800. The molecular formula is C11H14N2O3. The fourth-order valence-electron chi connectivity index (χ4n) is 2.42. The van der Waals surface area contributed by atoms with Crippen molar-refractivity contribution in [1.29, 1.82) is 0 Å². The van der Waals surface area contributed by atoms with Crippen LogP contribution in [0.15, 0.2) is 29.1 Å². The Hall–Kier alpha value is -1.65. The van der Waals surface area contributed by atoms with E-state index in [0.717, 1.165) is 23.4 Å². The van der Waals surface area contributed by atoms with Gasteiger partial charge in [-0.2, -0.15) is 0 Å². The second-order valence-electron chi connectivity index (χ2n) is 4.11. The summed E-state index contributed by atoms with van der Waals surface area (Å²) in [7, 11) is 0. The topological polar surface area (TPSA) is 70.0 Å². The van der Waals surface area contributed by atoms with Crippen molar-refractivity contribution in [1.82, 2.24) is 5.01 Å². The van der Waals surface area contributed by atoms with Crippen molar-refractivity contribution in [2.75, 3.05) is 6.54 Å². The predicted octanol–water partition coefficient (Wildman–Crippen LogP) is 1.72. The van der Waals surface area contributed by atoms with E-state index in [1.807, 2.05) is 12.2 Å². The van der Waals surface area contributed by atoms with E-state index in [-0.39, 0.29) is 5.92 Å². The minimum Gasteiger partial charge on any atom is -0.480 e. The average molecular weight is 222 g/mol. The molecule has 2 rings (SSSR count). The number of hydrogen-bond acceptors (Lipinski definition) is 3. The summed E-state index contributed by atoms with van der Waals surface area (Å²) < 4.78 is 0. The fraction of sp³-hybridized carbons (Fsp3) is 0.545. The van der Waals surface area contributed by atoms with Crippen molar-refractivity contribution in [2.45, 2.75) is 25.3 Å². The van der Waals surface area contributed by atoms with Gasteiger partial charge in [0.05, 0.1) is 5.29 Å². The Labute approximate surface area is 93.4 Å². The zero-order valence-electron chi connectivity index (χ0n) is 8.87. The van der Waals surface area contributed by atoms with Gasteiger partial charge in [-0.1, -0.05) is 18.2 Å². The molecule has 1 heterocycles. The van der Waals surface area contributed by atoms with Crippen LogP contribution >= 0.6 is 0 Å². The Morgan fingerprint density at radius 2 is 2.31 bits per heavy atom. The number of carboxylic acid groups (broad SMARTS) is 1. The number of carboxylic acids is 1. The molecule has 0 saturated carbocycles. The van der Waals surface area contributed by atoms with Gasteiger partial charge in [0.25, 0.3) is 0 Å². The van der Waals surface area contributed by atoms with Gasteiger partial charge in [-0.15, -0.1) is 4.91 Å². The lowest BCUT2D eigenvalue weighted by Gasteiger charge is -2.21. The highest BCUT2D eigenvalue weighted by Gasteiger charge is 2.41. The molecule has 0 amide bonds. The molecule has 0 spiro atoms. The number of nitroso groups, excluding NO2 is 1. The highest BCUT2D eigenvalue weighted by molar-refractivity contribution is 5.75. The van der Waals surface area contributed by atoms with Crippen molar-refractivity contribution in [3.05, 3.63) is 28.7 Å². The van der Waals surface area contributed by atoms with Gasteiger partial charge in [0, 0.05) is 12.5 Å². The minimum atomic E-state index is -0.970. The van der Waals surface area contributed by atoms with Crippen LogP contribution < -0.4 is 0 Å². The molecule has 2 atom stereocenters. The van der Waals surface area contributed by atoms with Crippen LogP contribution in [0.25, 0.3) is 0 Å². The molecule has 1 saturated heterocycles. The minimum absolute atomic E-state index is 0.105. The third-order valence-corrected chi connectivity index (χ3v) is 3.18. The second-order valence-corrected chi connectivity index (χ2v) is 4.11. The van der Waals surface area contributed by atoms with Gasteiger partial charge in [-0.3, -0.25) is 0 Å². The van der Waals surface area contributed by atoms with E-state index in [1.54, 1.807) is 0 Å². The van der Waals surface area contributed by atoms with Crippen LogP contribution in [0, 0.1) is 10.8 Å². The molecule has 1 N–H and O–H groups in total. The van der Waals surface area contributed by atoms with Gasteiger partial charge in [0.1, 0.15) is 0 Å². The van der Waals surface area contributed by atoms with E-state index in [4.69, 9.17) is 5.11 Å². The Bertz CT molecular complexity index is 362. The van der Waals surface area contributed by atoms with Crippen LogP contribution in [0.2, 0.25) is 0 Å². The van der Waals surface area contributed by atoms with Gasteiger partial charge in [0.15, 0.2) is 6.04 Å². The number of allylic oxidation sites excluding steroid dienone is 3. The molecule has 86 valence electrons. The lowest BCUT2D eigenvalue weighted by Crippen LogP contribution is -2.36. The van der Waals surface area contributed by atoms with Crippen LogP contribution in [-0.4, -0.2) is 28.7 Å². The maximum Gasteiger partial charge on any atom is 0.328 e. The molecule has 0 aromatic heterocycles. The molecule has 0 bridgehead atoms. The van der Waals surface area contributed by atoms with Crippen molar-refractivity contribution in [3.63, 3.8) is 0 Å². The molecular weight excluding hydrogens is 208 g/mol. The first kappa shape index (κ1) is 10.9. The zero-order valence-corrected chi connectivity index (χ0v) is 8.87. The molecule has 0 unspecified atom stereocenters. The largest absolute Gasteiger partial charge is 0.480 e. The van der Waals surface area contributed by atoms with E-state index >= 15 is 0 Å². The molecule has 16 heavy (non-hydrogen) atoms. The quantitative estimate of drug-likeness (QED) is 0.738. The summed E-state index contributed by atoms with van der Waals surface area (Å²) >= 11 is 0. The van der Waals surface area contributed by atoms with Crippen molar-refractivity contribution in [2.24, 2.45) is 11.2 Å². The van der Waals surface area contributed by atoms with Crippen LogP contribution in [-0.2, 0) is 4.79 Å².